The lowest BCUT2D eigenvalue weighted by Crippen LogP contribution is -2.65. The van der Waals surface area contributed by atoms with Gasteiger partial charge in [0.2, 0.25) is 10.0 Å². The average Bonchev–Trinajstić information content (AvgIpc) is 2.27. The zero-order chi connectivity index (χ0) is 14.4. The number of hydrogen-bond donors (Lipinski definition) is 2. The summed E-state index contributed by atoms with van der Waals surface area (Å²) in [4.78, 5) is 0.0766. The van der Waals surface area contributed by atoms with Gasteiger partial charge in [0, 0.05) is 17.6 Å². The Balaban J connectivity index is 2.29. The van der Waals surface area contributed by atoms with Gasteiger partial charge in [-0.3, -0.25) is 0 Å². The standard InChI is InChI=1S/C12H17BrN2O3S/c1-8(2)12(16)6-15(7-12)19(17,18)11-5-9(13)3-4-10(11)14/h3-5,8,16H,6-7,14H2,1-2H3. The van der Waals surface area contributed by atoms with E-state index in [1.165, 1.54) is 10.4 Å². The SMILES string of the molecule is CC(C)C1(O)CN(S(=O)(=O)c2cc(Br)ccc2N)C1. The van der Waals surface area contributed by atoms with Gasteiger partial charge in [0.15, 0.2) is 0 Å². The first-order valence-electron chi connectivity index (χ1n) is 5.94. The predicted octanol–water partition coefficient (Wildman–Crippen LogP) is 1.42. The Morgan fingerprint density at radius 2 is 2.00 bits per heavy atom. The Labute approximate surface area is 121 Å². The number of nitrogens with two attached hydrogens (primary N) is 1. The molecule has 1 aromatic carbocycles. The second-order valence-electron chi connectivity index (χ2n) is 5.21. The first-order chi connectivity index (χ1) is 8.67. The second-order valence-corrected chi connectivity index (χ2v) is 8.04. The smallest absolute Gasteiger partial charge is 0.245 e. The molecule has 0 spiro atoms. The van der Waals surface area contributed by atoms with Crippen molar-refractivity contribution in [2.75, 3.05) is 18.8 Å². The van der Waals surface area contributed by atoms with Crippen LogP contribution in [0.2, 0.25) is 0 Å². The van der Waals surface area contributed by atoms with Crippen LogP contribution in [0.4, 0.5) is 5.69 Å². The summed E-state index contributed by atoms with van der Waals surface area (Å²) in [7, 11) is -3.64. The summed E-state index contributed by atoms with van der Waals surface area (Å²) in [6.07, 6.45) is 0. The molecule has 1 aliphatic rings. The normalized spacial score (nSPS) is 19.4. The lowest BCUT2D eigenvalue weighted by molar-refractivity contribution is -0.0932. The van der Waals surface area contributed by atoms with E-state index in [4.69, 9.17) is 5.73 Å². The molecule has 1 saturated heterocycles. The zero-order valence-electron chi connectivity index (χ0n) is 10.8. The predicted molar refractivity (Wildman–Crippen MR) is 77.1 cm³/mol. The first kappa shape index (κ1) is 14.8. The molecule has 1 fully saturated rings. The van der Waals surface area contributed by atoms with Gasteiger partial charge in [-0.25, -0.2) is 8.42 Å². The third-order valence-electron chi connectivity index (χ3n) is 3.57. The van der Waals surface area contributed by atoms with E-state index in [1.807, 2.05) is 13.8 Å². The maximum Gasteiger partial charge on any atom is 0.245 e. The summed E-state index contributed by atoms with van der Waals surface area (Å²) in [6.45, 7) is 3.97. The van der Waals surface area contributed by atoms with Crippen molar-refractivity contribution in [3.63, 3.8) is 0 Å². The number of β-amino-alcohol motifs (C(OH)–C–C–N with tert-alkyl or cyclic N) is 1. The summed E-state index contributed by atoms with van der Waals surface area (Å²) >= 11 is 3.24. The van der Waals surface area contributed by atoms with Crippen molar-refractivity contribution in [2.45, 2.75) is 24.3 Å². The molecule has 0 atom stereocenters. The van der Waals surface area contributed by atoms with Gasteiger partial charge in [-0.1, -0.05) is 29.8 Å². The molecular formula is C12H17BrN2O3S. The Bertz CT molecular complexity index is 595. The lowest BCUT2D eigenvalue weighted by Gasteiger charge is -2.47. The number of nitrogen functional groups attached to an aromatic ring is 1. The lowest BCUT2D eigenvalue weighted by atomic mass is 9.85. The number of nitrogens with zero attached hydrogens (tertiary/aromatic N) is 1. The van der Waals surface area contributed by atoms with Crippen LogP contribution in [0.15, 0.2) is 27.6 Å². The van der Waals surface area contributed by atoms with Crippen molar-refractivity contribution < 1.29 is 13.5 Å². The highest BCUT2D eigenvalue weighted by Crippen LogP contribution is 2.35. The zero-order valence-corrected chi connectivity index (χ0v) is 13.2. The van der Waals surface area contributed by atoms with Crippen LogP contribution in [0.1, 0.15) is 13.8 Å². The Morgan fingerprint density at radius 3 is 2.53 bits per heavy atom. The topological polar surface area (TPSA) is 83.6 Å². The number of sulfonamides is 1. The highest BCUT2D eigenvalue weighted by atomic mass is 79.9. The molecule has 0 bridgehead atoms. The van der Waals surface area contributed by atoms with Gasteiger partial charge in [0.25, 0.3) is 0 Å². The summed E-state index contributed by atoms with van der Waals surface area (Å²) in [5, 5.41) is 10.1. The monoisotopic (exact) mass is 348 g/mol. The molecule has 0 aliphatic carbocycles. The van der Waals surface area contributed by atoms with E-state index >= 15 is 0 Å². The fourth-order valence-electron chi connectivity index (χ4n) is 1.97. The summed E-state index contributed by atoms with van der Waals surface area (Å²) in [6, 6.07) is 4.72. The van der Waals surface area contributed by atoms with E-state index in [-0.39, 0.29) is 29.6 Å². The Hall–Kier alpha value is -0.630. The second kappa shape index (κ2) is 4.73. The number of benzene rings is 1. The minimum absolute atomic E-state index is 0.0128. The highest BCUT2D eigenvalue weighted by molar-refractivity contribution is 9.10. The maximum atomic E-state index is 12.4. The van der Waals surface area contributed by atoms with Gasteiger partial charge in [0.05, 0.1) is 11.3 Å². The van der Waals surface area contributed by atoms with E-state index in [0.717, 1.165) is 0 Å². The molecule has 3 N–H and O–H groups in total. The summed E-state index contributed by atoms with van der Waals surface area (Å²) < 4.78 is 26.7. The summed E-state index contributed by atoms with van der Waals surface area (Å²) in [5.74, 6) is 0.0128. The van der Waals surface area contributed by atoms with Crippen LogP contribution in [0.25, 0.3) is 0 Å². The molecule has 19 heavy (non-hydrogen) atoms. The number of aliphatic hydroxyl groups is 1. The van der Waals surface area contributed by atoms with Gasteiger partial charge in [-0.2, -0.15) is 4.31 Å². The largest absolute Gasteiger partial charge is 0.398 e. The van der Waals surface area contributed by atoms with Gasteiger partial charge in [-0.05, 0) is 24.1 Å². The van der Waals surface area contributed by atoms with Crippen molar-refractivity contribution in [2.24, 2.45) is 5.92 Å². The van der Waals surface area contributed by atoms with Gasteiger partial charge in [-0.15, -0.1) is 0 Å². The Kier molecular flexibility index (Phi) is 3.68. The average molecular weight is 349 g/mol. The van der Waals surface area contributed by atoms with E-state index in [1.54, 1.807) is 12.1 Å². The number of rotatable bonds is 3. The van der Waals surface area contributed by atoms with Gasteiger partial charge < -0.3 is 10.8 Å². The molecule has 7 heteroatoms. The fraction of sp³-hybridized carbons (Fsp3) is 0.500. The molecule has 5 nitrogen and oxygen atoms in total. The first-order valence-corrected chi connectivity index (χ1v) is 8.18. The third kappa shape index (κ3) is 2.52. The molecule has 1 aliphatic heterocycles. The van der Waals surface area contributed by atoms with Crippen molar-refractivity contribution in [1.29, 1.82) is 0 Å². The van der Waals surface area contributed by atoms with Crippen LogP contribution in [-0.4, -0.2) is 36.5 Å². The van der Waals surface area contributed by atoms with Crippen LogP contribution in [0, 0.1) is 5.92 Å². The van der Waals surface area contributed by atoms with Crippen molar-refractivity contribution in [3.8, 4) is 0 Å². The molecule has 1 heterocycles. The third-order valence-corrected chi connectivity index (χ3v) is 5.91. The molecule has 106 valence electrons. The quantitative estimate of drug-likeness (QED) is 0.809. The number of halogens is 1. The molecule has 1 aromatic rings. The van der Waals surface area contributed by atoms with Crippen LogP contribution >= 0.6 is 15.9 Å². The molecule has 0 saturated carbocycles. The van der Waals surface area contributed by atoms with Crippen LogP contribution < -0.4 is 5.73 Å². The molecule has 0 unspecified atom stereocenters. The van der Waals surface area contributed by atoms with E-state index in [0.29, 0.717) is 4.47 Å². The van der Waals surface area contributed by atoms with Gasteiger partial charge in [0.1, 0.15) is 4.90 Å². The molecular weight excluding hydrogens is 332 g/mol. The minimum Gasteiger partial charge on any atom is -0.398 e. The fourth-order valence-corrected chi connectivity index (χ4v) is 4.19. The van der Waals surface area contributed by atoms with Crippen LogP contribution in [0.5, 0.6) is 0 Å². The highest BCUT2D eigenvalue weighted by Gasteiger charge is 2.49. The number of hydrogen-bond acceptors (Lipinski definition) is 4. The van der Waals surface area contributed by atoms with Crippen molar-refractivity contribution in [1.82, 2.24) is 4.31 Å². The van der Waals surface area contributed by atoms with E-state index in [9.17, 15) is 13.5 Å². The van der Waals surface area contributed by atoms with Crippen LogP contribution in [0.3, 0.4) is 0 Å². The Morgan fingerprint density at radius 1 is 1.42 bits per heavy atom. The molecule has 0 radical (unpaired) electrons. The summed E-state index contributed by atoms with van der Waals surface area (Å²) in [5.41, 5.74) is 5.01. The van der Waals surface area contributed by atoms with E-state index < -0.39 is 15.6 Å². The molecule has 0 aromatic heterocycles. The molecule has 0 amide bonds. The maximum absolute atomic E-state index is 12.4. The minimum atomic E-state index is -3.64. The van der Waals surface area contributed by atoms with Gasteiger partial charge >= 0.3 is 0 Å². The van der Waals surface area contributed by atoms with E-state index in [2.05, 4.69) is 15.9 Å². The number of anilines is 1. The van der Waals surface area contributed by atoms with Crippen molar-refractivity contribution in [3.05, 3.63) is 22.7 Å². The van der Waals surface area contributed by atoms with Crippen LogP contribution in [-0.2, 0) is 10.0 Å². The van der Waals surface area contributed by atoms with Crippen molar-refractivity contribution >= 4 is 31.6 Å². The molecule has 2 rings (SSSR count).